The molecule has 3 heterocycles. The average molecular weight is 393 g/mol. The lowest BCUT2D eigenvalue weighted by molar-refractivity contribution is 0.248. The van der Waals surface area contributed by atoms with Crippen LogP contribution in [-0.2, 0) is 13.1 Å². The number of fused-ring (bicyclic) bond motifs is 1. The van der Waals surface area contributed by atoms with Crippen molar-refractivity contribution in [3.63, 3.8) is 0 Å². The standard InChI is InChI=1S/C22H21ClN4O/c1-2-9-27-20-15-19(23)7-6-17(20)14-18(22(27)28)16-25-10-12-26(13-11-25)21-5-3-4-8-24-21/h1,3-8,14-15H,9-13,16H2. The second-order valence-electron chi connectivity index (χ2n) is 6.92. The molecule has 4 rings (SSSR count). The Morgan fingerprint density at radius 1 is 1.11 bits per heavy atom. The molecule has 0 spiro atoms. The Hall–Kier alpha value is -2.81. The van der Waals surface area contributed by atoms with E-state index in [0.717, 1.165) is 48.5 Å². The van der Waals surface area contributed by atoms with Crippen molar-refractivity contribution in [3.05, 3.63) is 69.6 Å². The van der Waals surface area contributed by atoms with Gasteiger partial charge in [0.25, 0.3) is 5.56 Å². The number of rotatable bonds is 4. The third-order valence-corrected chi connectivity index (χ3v) is 5.36. The lowest BCUT2D eigenvalue weighted by Crippen LogP contribution is -2.47. The SMILES string of the molecule is C#CCn1c(=O)c(CN2CCN(c3ccccn3)CC2)cc2ccc(Cl)cc21. The zero-order valence-electron chi connectivity index (χ0n) is 15.5. The van der Waals surface area contributed by atoms with E-state index in [2.05, 4.69) is 20.7 Å². The summed E-state index contributed by atoms with van der Waals surface area (Å²) in [6, 6.07) is 13.5. The number of hydrogen-bond acceptors (Lipinski definition) is 4. The lowest BCUT2D eigenvalue weighted by Gasteiger charge is -2.35. The monoisotopic (exact) mass is 392 g/mol. The second kappa shape index (κ2) is 8.05. The van der Waals surface area contributed by atoms with Gasteiger partial charge in [0.1, 0.15) is 5.82 Å². The number of aromatic nitrogens is 2. The number of anilines is 1. The molecule has 1 saturated heterocycles. The molecule has 0 bridgehead atoms. The summed E-state index contributed by atoms with van der Waals surface area (Å²) in [6.07, 6.45) is 7.32. The summed E-state index contributed by atoms with van der Waals surface area (Å²) in [4.78, 5) is 22.0. The van der Waals surface area contributed by atoms with E-state index in [0.29, 0.717) is 11.6 Å². The quantitative estimate of drug-likeness (QED) is 0.640. The third-order valence-electron chi connectivity index (χ3n) is 5.12. The molecular formula is C22H21ClN4O. The predicted octanol–water partition coefficient (Wildman–Crippen LogP) is 3.01. The minimum Gasteiger partial charge on any atom is -0.354 e. The first-order chi connectivity index (χ1) is 13.7. The summed E-state index contributed by atoms with van der Waals surface area (Å²) >= 11 is 6.12. The molecule has 0 atom stereocenters. The van der Waals surface area contributed by atoms with Gasteiger partial charge >= 0.3 is 0 Å². The van der Waals surface area contributed by atoms with E-state index in [-0.39, 0.29) is 12.1 Å². The molecule has 28 heavy (non-hydrogen) atoms. The molecule has 0 saturated carbocycles. The predicted molar refractivity (Wildman–Crippen MR) is 114 cm³/mol. The number of benzene rings is 1. The minimum atomic E-state index is -0.0418. The van der Waals surface area contributed by atoms with E-state index in [1.165, 1.54) is 0 Å². The molecule has 1 fully saturated rings. The van der Waals surface area contributed by atoms with Gasteiger partial charge in [-0.2, -0.15) is 0 Å². The van der Waals surface area contributed by atoms with Gasteiger partial charge in [0, 0.05) is 49.5 Å². The van der Waals surface area contributed by atoms with E-state index in [9.17, 15) is 4.79 Å². The van der Waals surface area contributed by atoms with Crippen molar-refractivity contribution in [3.8, 4) is 12.3 Å². The molecule has 3 aromatic rings. The first kappa shape index (κ1) is 18.5. The summed E-state index contributed by atoms with van der Waals surface area (Å²) in [5.74, 6) is 3.58. The van der Waals surface area contributed by atoms with Gasteiger partial charge in [-0.25, -0.2) is 4.98 Å². The summed E-state index contributed by atoms with van der Waals surface area (Å²) in [5.41, 5.74) is 1.50. The maximum absolute atomic E-state index is 13.0. The first-order valence-corrected chi connectivity index (χ1v) is 9.67. The number of hydrogen-bond donors (Lipinski definition) is 0. The van der Waals surface area contributed by atoms with Gasteiger partial charge in [-0.05, 0) is 35.7 Å². The molecule has 6 heteroatoms. The fraction of sp³-hybridized carbons (Fsp3) is 0.273. The fourth-order valence-electron chi connectivity index (χ4n) is 3.68. The summed E-state index contributed by atoms with van der Waals surface area (Å²) in [5, 5.41) is 1.57. The Kier molecular flexibility index (Phi) is 5.34. The Morgan fingerprint density at radius 3 is 2.64 bits per heavy atom. The van der Waals surface area contributed by atoms with Crippen molar-refractivity contribution in [1.82, 2.24) is 14.5 Å². The molecule has 1 aliphatic heterocycles. The highest BCUT2D eigenvalue weighted by molar-refractivity contribution is 6.31. The molecule has 1 aliphatic rings. The van der Waals surface area contributed by atoms with Crippen molar-refractivity contribution in [2.24, 2.45) is 0 Å². The van der Waals surface area contributed by atoms with E-state index in [1.807, 2.05) is 42.6 Å². The molecule has 5 nitrogen and oxygen atoms in total. The summed E-state index contributed by atoms with van der Waals surface area (Å²) in [7, 11) is 0. The second-order valence-corrected chi connectivity index (χ2v) is 7.36. The molecule has 1 aromatic carbocycles. The average Bonchev–Trinajstić information content (AvgIpc) is 2.73. The summed E-state index contributed by atoms with van der Waals surface area (Å²) in [6.45, 7) is 4.38. The topological polar surface area (TPSA) is 41.4 Å². The Morgan fingerprint density at radius 2 is 1.93 bits per heavy atom. The molecular weight excluding hydrogens is 372 g/mol. The van der Waals surface area contributed by atoms with Crippen molar-refractivity contribution >= 4 is 28.3 Å². The Labute approximate surface area is 169 Å². The van der Waals surface area contributed by atoms with Crippen LogP contribution in [0.1, 0.15) is 5.56 Å². The Bertz CT molecular complexity index is 1080. The Balaban J connectivity index is 1.56. The zero-order chi connectivity index (χ0) is 19.5. The van der Waals surface area contributed by atoms with Crippen LogP contribution in [-0.4, -0.2) is 40.6 Å². The van der Waals surface area contributed by atoms with Gasteiger partial charge in [-0.1, -0.05) is 29.7 Å². The van der Waals surface area contributed by atoms with Gasteiger partial charge < -0.3 is 4.90 Å². The fourth-order valence-corrected chi connectivity index (χ4v) is 3.85. The van der Waals surface area contributed by atoms with Gasteiger partial charge in [0.15, 0.2) is 0 Å². The van der Waals surface area contributed by atoms with Crippen LogP contribution in [0.3, 0.4) is 0 Å². The molecule has 0 unspecified atom stereocenters. The van der Waals surface area contributed by atoms with Crippen LogP contribution >= 0.6 is 11.6 Å². The highest BCUT2D eigenvalue weighted by atomic mass is 35.5. The van der Waals surface area contributed by atoms with Crippen LogP contribution in [0.2, 0.25) is 5.02 Å². The van der Waals surface area contributed by atoms with Gasteiger partial charge in [0.2, 0.25) is 0 Å². The van der Waals surface area contributed by atoms with Crippen LogP contribution in [0.15, 0.2) is 53.5 Å². The number of pyridine rings is 2. The van der Waals surface area contributed by atoms with Crippen LogP contribution in [0.5, 0.6) is 0 Å². The van der Waals surface area contributed by atoms with Crippen molar-refractivity contribution < 1.29 is 0 Å². The lowest BCUT2D eigenvalue weighted by atomic mass is 10.1. The van der Waals surface area contributed by atoms with Gasteiger partial charge in [-0.15, -0.1) is 6.42 Å². The van der Waals surface area contributed by atoms with E-state index >= 15 is 0 Å². The smallest absolute Gasteiger partial charge is 0.256 e. The highest BCUT2D eigenvalue weighted by Gasteiger charge is 2.19. The molecule has 0 N–H and O–H groups in total. The molecule has 0 amide bonds. The maximum Gasteiger partial charge on any atom is 0.256 e. The van der Waals surface area contributed by atoms with Crippen molar-refractivity contribution in [2.75, 3.05) is 31.1 Å². The number of terminal acetylenes is 1. The first-order valence-electron chi connectivity index (χ1n) is 9.29. The van der Waals surface area contributed by atoms with Gasteiger partial charge in [-0.3, -0.25) is 14.3 Å². The van der Waals surface area contributed by atoms with E-state index in [1.54, 1.807) is 10.6 Å². The van der Waals surface area contributed by atoms with Crippen LogP contribution < -0.4 is 10.5 Å². The number of halogens is 1. The van der Waals surface area contributed by atoms with Crippen LogP contribution in [0.4, 0.5) is 5.82 Å². The van der Waals surface area contributed by atoms with Crippen LogP contribution in [0, 0.1) is 12.3 Å². The van der Waals surface area contributed by atoms with Gasteiger partial charge in [0.05, 0.1) is 12.1 Å². The van der Waals surface area contributed by atoms with Crippen LogP contribution in [0.25, 0.3) is 10.9 Å². The maximum atomic E-state index is 13.0. The summed E-state index contributed by atoms with van der Waals surface area (Å²) < 4.78 is 1.64. The third kappa shape index (κ3) is 3.75. The largest absolute Gasteiger partial charge is 0.354 e. The number of piperazine rings is 1. The van der Waals surface area contributed by atoms with Crippen molar-refractivity contribution in [2.45, 2.75) is 13.1 Å². The normalized spacial score (nSPS) is 14.9. The zero-order valence-corrected chi connectivity index (χ0v) is 16.3. The van der Waals surface area contributed by atoms with E-state index < -0.39 is 0 Å². The number of nitrogens with zero attached hydrogens (tertiary/aromatic N) is 4. The molecule has 2 aromatic heterocycles. The molecule has 142 valence electrons. The molecule has 0 aliphatic carbocycles. The van der Waals surface area contributed by atoms with Crippen molar-refractivity contribution in [1.29, 1.82) is 0 Å². The minimum absolute atomic E-state index is 0.0418. The van der Waals surface area contributed by atoms with E-state index in [4.69, 9.17) is 18.0 Å². The molecule has 0 radical (unpaired) electrons. The highest BCUT2D eigenvalue weighted by Crippen LogP contribution is 2.20.